The van der Waals surface area contributed by atoms with Crippen molar-refractivity contribution in [3.05, 3.63) is 77.9 Å². The van der Waals surface area contributed by atoms with E-state index in [-0.39, 0.29) is 28.2 Å². The zero-order valence-corrected chi connectivity index (χ0v) is 20.6. The second kappa shape index (κ2) is 9.53. The van der Waals surface area contributed by atoms with Gasteiger partial charge in [0, 0.05) is 57.4 Å². The monoisotopic (exact) mass is 493 g/mol. The van der Waals surface area contributed by atoms with Gasteiger partial charge in [0.05, 0.1) is 7.11 Å². The third-order valence-electron chi connectivity index (χ3n) is 5.58. The molecule has 36 heavy (non-hydrogen) atoms. The van der Waals surface area contributed by atoms with Crippen LogP contribution < -0.4 is 10.1 Å². The van der Waals surface area contributed by atoms with Gasteiger partial charge in [0.15, 0.2) is 11.6 Å². The van der Waals surface area contributed by atoms with Crippen LogP contribution in [0.1, 0.15) is 27.7 Å². The SMILES string of the molecule is COc1c(F)cc(F)cc1-c1c[nH]c2ncc(-c3cc(NC(=O)/C(C)=C/C(C)(C)C)ccc3F)cc12. The maximum atomic E-state index is 14.9. The van der Waals surface area contributed by atoms with Crippen LogP contribution in [-0.4, -0.2) is 23.0 Å². The van der Waals surface area contributed by atoms with E-state index in [1.54, 1.807) is 19.2 Å². The standard InChI is InChI=1S/C28H26F3N3O2/c1-15(12-28(2,3)4)27(35)34-18-6-7-23(30)19(11-18)16-8-21-22(14-33-26(21)32-13-16)20-9-17(29)10-24(31)25(20)36-5/h6-14H,1-5H3,(H,32,33)(H,34,35)/b15-12+. The summed E-state index contributed by atoms with van der Waals surface area (Å²) in [6.07, 6.45) is 4.91. The number of aromatic nitrogens is 2. The number of allylic oxidation sites excluding steroid dienone is 1. The van der Waals surface area contributed by atoms with Crippen LogP contribution in [0.3, 0.4) is 0 Å². The highest BCUT2D eigenvalue weighted by Crippen LogP contribution is 2.38. The highest BCUT2D eigenvalue weighted by Gasteiger charge is 2.19. The average Bonchev–Trinajstić information content (AvgIpc) is 3.22. The van der Waals surface area contributed by atoms with Gasteiger partial charge in [-0.05, 0) is 42.7 Å². The minimum atomic E-state index is -0.837. The number of hydrogen-bond donors (Lipinski definition) is 2. The van der Waals surface area contributed by atoms with Crippen molar-refractivity contribution in [1.29, 1.82) is 0 Å². The minimum absolute atomic E-state index is 0.114. The molecule has 2 aromatic heterocycles. The molecule has 2 aromatic carbocycles. The molecule has 1 amide bonds. The van der Waals surface area contributed by atoms with E-state index in [0.717, 1.165) is 6.07 Å². The van der Waals surface area contributed by atoms with Crippen molar-refractivity contribution >= 4 is 22.6 Å². The summed E-state index contributed by atoms with van der Waals surface area (Å²) in [5, 5.41) is 3.32. The highest BCUT2D eigenvalue weighted by molar-refractivity contribution is 6.04. The Kier molecular flexibility index (Phi) is 6.63. The van der Waals surface area contributed by atoms with Gasteiger partial charge in [0.1, 0.15) is 17.3 Å². The number of nitrogens with zero attached hydrogens (tertiary/aromatic N) is 1. The first kappa shape index (κ1) is 25.0. The van der Waals surface area contributed by atoms with Crippen molar-refractivity contribution in [2.75, 3.05) is 12.4 Å². The molecule has 4 aromatic rings. The Labute approximate surface area is 207 Å². The van der Waals surface area contributed by atoms with Gasteiger partial charge in [-0.3, -0.25) is 4.79 Å². The number of methoxy groups -OCH3 is 1. The molecule has 5 nitrogen and oxygen atoms in total. The van der Waals surface area contributed by atoms with Gasteiger partial charge in [-0.1, -0.05) is 26.8 Å². The molecule has 0 fully saturated rings. The number of carbonyl (C=O) groups is 1. The van der Waals surface area contributed by atoms with Crippen molar-refractivity contribution in [2.24, 2.45) is 5.41 Å². The first-order valence-electron chi connectivity index (χ1n) is 11.3. The molecule has 0 atom stereocenters. The van der Waals surface area contributed by atoms with E-state index in [2.05, 4.69) is 15.3 Å². The smallest absolute Gasteiger partial charge is 0.250 e. The van der Waals surface area contributed by atoms with Crippen LogP contribution in [0.25, 0.3) is 33.3 Å². The number of pyridine rings is 1. The van der Waals surface area contributed by atoms with Gasteiger partial charge in [0.25, 0.3) is 5.91 Å². The van der Waals surface area contributed by atoms with Crippen molar-refractivity contribution in [2.45, 2.75) is 27.7 Å². The van der Waals surface area contributed by atoms with Crippen LogP contribution in [0.15, 0.2) is 60.4 Å². The summed E-state index contributed by atoms with van der Waals surface area (Å²) in [5.41, 5.74) is 2.53. The molecule has 2 heterocycles. The van der Waals surface area contributed by atoms with E-state index >= 15 is 0 Å². The lowest BCUT2D eigenvalue weighted by atomic mass is 9.93. The number of carbonyl (C=O) groups excluding carboxylic acids is 1. The van der Waals surface area contributed by atoms with Crippen LogP contribution in [0.2, 0.25) is 0 Å². The average molecular weight is 494 g/mol. The van der Waals surface area contributed by atoms with E-state index in [4.69, 9.17) is 4.74 Å². The Morgan fingerprint density at radius 3 is 2.47 bits per heavy atom. The molecule has 0 saturated carbocycles. The maximum absolute atomic E-state index is 14.9. The Bertz CT molecular complexity index is 1500. The maximum Gasteiger partial charge on any atom is 0.250 e. The quantitative estimate of drug-likeness (QED) is 0.288. The van der Waals surface area contributed by atoms with Crippen molar-refractivity contribution < 1.29 is 22.7 Å². The summed E-state index contributed by atoms with van der Waals surface area (Å²) in [4.78, 5) is 19.9. The molecule has 0 saturated heterocycles. The molecule has 186 valence electrons. The zero-order valence-electron chi connectivity index (χ0n) is 20.6. The summed E-state index contributed by atoms with van der Waals surface area (Å²) in [6, 6.07) is 7.85. The Balaban J connectivity index is 1.76. The molecule has 0 aliphatic heterocycles. The third kappa shape index (κ3) is 5.12. The minimum Gasteiger partial charge on any atom is -0.493 e. The second-order valence-corrected chi connectivity index (χ2v) is 9.63. The summed E-state index contributed by atoms with van der Waals surface area (Å²) in [6.45, 7) is 7.70. The number of halogens is 3. The van der Waals surface area contributed by atoms with E-state index in [1.807, 2.05) is 26.8 Å². The fraction of sp³-hybridized carbons (Fsp3) is 0.214. The molecule has 8 heteroatoms. The van der Waals surface area contributed by atoms with Crippen molar-refractivity contribution in [3.63, 3.8) is 0 Å². The van der Waals surface area contributed by atoms with Crippen molar-refractivity contribution in [1.82, 2.24) is 9.97 Å². The van der Waals surface area contributed by atoms with Crippen LogP contribution in [-0.2, 0) is 4.79 Å². The van der Waals surface area contributed by atoms with Crippen LogP contribution in [0.4, 0.5) is 18.9 Å². The molecule has 2 N–H and O–H groups in total. The number of anilines is 1. The number of ether oxygens (including phenoxy) is 1. The Morgan fingerprint density at radius 1 is 1.03 bits per heavy atom. The summed E-state index contributed by atoms with van der Waals surface area (Å²) in [5.74, 6) is -2.51. The lowest BCUT2D eigenvalue weighted by molar-refractivity contribution is -0.112. The van der Waals surface area contributed by atoms with E-state index < -0.39 is 17.5 Å². The van der Waals surface area contributed by atoms with Gasteiger partial charge in [-0.2, -0.15) is 0 Å². The van der Waals surface area contributed by atoms with Crippen LogP contribution in [0, 0.1) is 22.9 Å². The fourth-order valence-corrected chi connectivity index (χ4v) is 4.11. The lowest BCUT2D eigenvalue weighted by Crippen LogP contribution is -2.15. The van der Waals surface area contributed by atoms with Crippen LogP contribution >= 0.6 is 0 Å². The zero-order chi connectivity index (χ0) is 26.2. The van der Waals surface area contributed by atoms with E-state index in [9.17, 15) is 18.0 Å². The molecule has 0 unspecified atom stereocenters. The first-order chi connectivity index (χ1) is 17.0. The van der Waals surface area contributed by atoms with Crippen molar-refractivity contribution in [3.8, 4) is 28.0 Å². The number of rotatable bonds is 5. The largest absolute Gasteiger partial charge is 0.493 e. The third-order valence-corrected chi connectivity index (χ3v) is 5.58. The highest BCUT2D eigenvalue weighted by atomic mass is 19.1. The van der Waals surface area contributed by atoms with Gasteiger partial charge in [0.2, 0.25) is 0 Å². The number of hydrogen-bond acceptors (Lipinski definition) is 3. The number of H-pyrrole nitrogens is 1. The first-order valence-corrected chi connectivity index (χ1v) is 11.3. The van der Waals surface area contributed by atoms with Crippen LogP contribution in [0.5, 0.6) is 5.75 Å². The molecule has 0 aliphatic rings. The number of fused-ring (bicyclic) bond motifs is 1. The topological polar surface area (TPSA) is 67.0 Å². The summed E-state index contributed by atoms with van der Waals surface area (Å²) in [7, 11) is 1.30. The predicted molar refractivity (Wildman–Crippen MR) is 135 cm³/mol. The van der Waals surface area contributed by atoms with Gasteiger partial charge < -0.3 is 15.0 Å². The fourth-order valence-electron chi connectivity index (χ4n) is 4.11. The Hall–Kier alpha value is -4.07. The molecular formula is C28H26F3N3O2. The molecule has 4 rings (SSSR count). The Morgan fingerprint density at radius 2 is 1.78 bits per heavy atom. The second-order valence-electron chi connectivity index (χ2n) is 9.63. The number of aromatic amines is 1. The van der Waals surface area contributed by atoms with Gasteiger partial charge in [-0.25, -0.2) is 18.2 Å². The molecular weight excluding hydrogens is 467 g/mol. The number of benzene rings is 2. The normalized spacial score (nSPS) is 12.2. The molecule has 0 spiro atoms. The number of amides is 1. The van der Waals surface area contributed by atoms with Gasteiger partial charge >= 0.3 is 0 Å². The number of nitrogens with one attached hydrogen (secondary N) is 2. The predicted octanol–water partition coefficient (Wildman–Crippen LogP) is 7.25. The molecule has 0 aliphatic carbocycles. The van der Waals surface area contributed by atoms with Gasteiger partial charge in [-0.15, -0.1) is 0 Å². The van der Waals surface area contributed by atoms with E-state index in [0.29, 0.717) is 33.4 Å². The molecule has 0 bridgehead atoms. The summed E-state index contributed by atoms with van der Waals surface area (Å²) < 4.78 is 48.4. The lowest BCUT2D eigenvalue weighted by Gasteiger charge is -2.14. The molecule has 0 radical (unpaired) electrons. The van der Waals surface area contributed by atoms with E-state index in [1.165, 1.54) is 37.6 Å². The summed E-state index contributed by atoms with van der Waals surface area (Å²) >= 11 is 0.